The van der Waals surface area contributed by atoms with Crippen molar-refractivity contribution in [3.05, 3.63) is 108 Å². The summed E-state index contributed by atoms with van der Waals surface area (Å²) in [5.41, 5.74) is 9.01. The van der Waals surface area contributed by atoms with Gasteiger partial charge in [0, 0.05) is 60.1 Å². The summed E-state index contributed by atoms with van der Waals surface area (Å²) in [5, 5.41) is 11.7. The minimum Gasteiger partial charge on any atom is -0.478 e. The predicted octanol–water partition coefficient (Wildman–Crippen LogP) is 8.29. The fourth-order valence-corrected chi connectivity index (χ4v) is 3.03. The highest BCUT2D eigenvalue weighted by atomic mass is 79.9. The molecule has 0 heterocycles. The minimum absolute atomic E-state index is 0.00880. The number of aliphatic carboxylic acids is 1. The first kappa shape index (κ1) is 45.1. The number of hydrogen-bond donors (Lipinski definition) is 3. The van der Waals surface area contributed by atoms with Gasteiger partial charge in [0.1, 0.15) is 0 Å². The fraction of sp³-hybridized carbons (Fsp3) is 0.250. The Morgan fingerprint density at radius 1 is 0.833 bits per heavy atom. The normalized spacial score (nSPS) is 10.6. The molecule has 14 heteroatoms. The van der Waals surface area contributed by atoms with E-state index in [1.54, 1.807) is 0 Å². The first-order valence-electron chi connectivity index (χ1n) is 11.6. The summed E-state index contributed by atoms with van der Waals surface area (Å²) in [4.78, 5) is 31.3. The third-order valence-corrected chi connectivity index (χ3v) is 6.66. The summed E-state index contributed by atoms with van der Waals surface area (Å²) in [6, 6.07) is 20.1. The quantitative estimate of drug-likeness (QED) is 0.133. The molecule has 234 valence electrons. The van der Waals surface area contributed by atoms with Crippen LogP contribution in [0.1, 0.15) is 37.1 Å². The Balaban J connectivity index is -0.000000488. The number of nitrogens with two attached hydrogens (primary N) is 1. The highest BCUT2D eigenvalue weighted by molar-refractivity contribution is 9.09. The van der Waals surface area contributed by atoms with Crippen molar-refractivity contribution in [3.63, 3.8) is 0 Å². The van der Waals surface area contributed by atoms with Crippen molar-refractivity contribution in [2.75, 3.05) is 16.0 Å². The average Bonchev–Trinajstić information content (AvgIpc) is 2.97. The summed E-state index contributed by atoms with van der Waals surface area (Å²) in [7, 11) is 7.36. The molecule has 2 atom stereocenters. The number of carboxylic acids is 1. The van der Waals surface area contributed by atoms with Gasteiger partial charge in [0.15, 0.2) is 0 Å². The molecule has 2 aromatic carbocycles. The standard InChI is InChI=1S/C12H14BrNO.C8H11N.C4H4BrClO.C4H5BrO2.Cl2OS/c1-9(8-13)12(15)14-10(2)11-6-4-3-5-7-11;1-7(9)8-5-3-2-4-6-8;2*1-3(2-5)4(6)7;1-4(2)3/h3-7,10H,1,8H2,2H3,(H,14,15);2-7H,9H2,1H3;1-2H2;1-2H2,(H,6,7);/t10-;7-;;;/m11.../s1. The second kappa shape index (κ2) is 28.5. The van der Waals surface area contributed by atoms with Crippen molar-refractivity contribution < 1.29 is 23.7 Å². The van der Waals surface area contributed by atoms with Crippen LogP contribution in [0.2, 0.25) is 0 Å². The molecule has 7 nitrogen and oxygen atoms in total. The van der Waals surface area contributed by atoms with E-state index in [1.165, 1.54) is 5.56 Å². The molecule has 1 amide bonds. The van der Waals surface area contributed by atoms with Gasteiger partial charge in [0.25, 0.3) is 0 Å². The van der Waals surface area contributed by atoms with E-state index < -0.39 is 20.4 Å². The highest BCUT2D eigenvalue weighted by Crippen LogP contribution is 2.12. The zero-order chi connectivity index (χ0) is 33.3. The van der Waals surface area contributed by atoms with Crippen molar-refractivity contribution in [2.24, 2.45) is 5.73 Å². The zero-order valence-corrected chi connectivity index (χ0v) is 30.8. The van der Waals surface area contributed by atoms with Crippen LogP contribution in [-0.4, -0.2) is 42.4 Å². The summed E-state index contributed by atoms with van der Waals surface area (Å²) in [6.45, 7) is 14.2. The largest absolute Gasteiger partial charge is 0.478 e. The number of hydrogen-bond acceptors (Lipinski definition) is 5. The van der Waals surface area contributed by atoms with Gasteiger partial charge < -0.3 is 16.2 Å². The molecule has 0 fully saturated rings. The first-order chi connectivity index (χ1) is 19.5. The number of carbonyl (C=O) groups excluding carboxylic acids is 2. The van der Waals surface area contributed by atoms with Crippen LogP contribution in [0.5, 0.6) is 0 Å². The molecule has 2 rings (SSSR count). The van der Waals surface area contributed by atoms with Crippen molar-refractivity contribution in [3.8, 4) is 0 Å². The third-order valence-electron chi connectivity index (χ3n) is 4.36. The molecule has 0 spiro atoms. The Morgan fingerprint density at radius 2 is 1.19 bits per heavy atom. The van der Waals surface area contributed by atoms with Crippen molar-refractivity contribution in [1.29, 1.82) is 0 Å². The predicted molar refractivity (Wildman–Crippen MR) is 189 cm³/mol. The molecular weight excluding hydrogens is 822 g/mol. The van der Waals surface area contributed by atoms with Crippen LogP contribution in [0.4, 0.5) is 0 Å². The van der Waals surface area contributed by atoms with Crippen LogP contribution in [0.15, 0.2) is 97.1 Å². The lowest BCUT2D eigenvalue weighted by atomic mass is 10.1. The lowest BCUT2D eigenvalue weighted by molar-refractivity contribution is -0.132. The van der Waals surface area contributed by atoms with Crippen LogP contribution in [-0.2, 0) is 23.6 Å². The number of allylic oxidation sites excluding steroid dienone is 1. The Morgan fingerprint density at radius 3 is 1.40 bits per heavy atom. The SMILES string of the molecule is C=C(CBr)C(=O)Cl.C=C(CBr)C(=O)N[C@H](C)c1ccccc1.C=C(CBr)C(=O)O.C[C@@H](N)c1ccccc1.O=S(Cl)Cl. The molecule has 0 saturated carbocycles. The van der Waals surface area contributed by atoms with Crippen LogP contribution >= 0.6 is 80.8 Å². The number of alkyl halides is 3. The van der Waals surface area contributed by atoms with Crippen LogP contribution in [0, 0.1) is 0 Å². The second-order valence-electron chi connectivity index (χ2n) is 7.78. The maximum Gasteiger partial charge on any atom is 0.331 e. The summed E-state index contributed by atoms with van der Waals surface area (Å²) < 4.78 is 9.09. The summed E-state index contributed by atoms with van der Waals surface area (Å²) in [5.74, 6) is -1.06. The second-order valence-corrected chi connectivity index (χ2v) is 12.3. The maximum absolute atomic E-state index is 11.5. The first-order valence-corrected chi connectivity index (χ1v) is 18.1. The number of carbonyl (C=O) groups is 3. The zero-order valence-electron chi connectivity index (χ0n) is 23.0. The Bertz CT molecular complexity index is 1110. The number of rotatable bonds is 9. The Kier molecular flexibility index (Phi) is 30.6. The summed E-state index contributed by atoms with van der Waals surface area (Å²) >= 11 is 14.1. The van der Waals surface area contributed by atoms with Crippen molar-refractivity contribution in [1.82, 2.24) is 5.32 Å². The van der Waals surface area contributed by atoms with E-state index >= 15 is 0 Å². The van der Waals surface area contributed by atoms with E-state index in [9.17, 15) is 14.4 Å². The van der Waals surface area contributed by atoms with E-state index in [0.29, 0.717) is 27.1 Å². The molecule has 0 bridgehead atoms. The molecule has 0 aliphatic heterocycles. The molecule has 0 unspecified atom stereocenters. The topological polar surface area (TPSA) is 127 Å². The molecule has 42 heavy (non-hydrogen) atoms. The van der Waals surface area contributed by atoms with E-state index in [-0.39, 0.29) is 23.6 Å². The van der Waals surface area contributed by atoms with Crippen LogP contribution < -0.4 is 11.1 Å². The molecule has 4 N–H and O–H groups in total. The van der Waals surface area contributed by atoms with Gasteiger partial charge in [-0.05, 0) is 36.6 Å². The number of amides is 1. The maximum atomic E-state index is 11.5. The minimum atomic E-state index is -1.67. The van der Waals surface area contributed by atoms with Crippen LogP contribution in [0.25, 0.3) is 0 Å². The van der Waals surface area contributed by atoms with Gasteiger partial charge >= 0.3 is 5.97 Å². The number of nitrogens with one attached hydrogen (secondary N) is 1. The van der Waals surface area contributed by atoms with Gasteiger partial charge in [-0.1, -0.05) is 128 Å². The van der Waals surface area contributed by atoms with E-state index in [2.05, 4.69) is 94.2 Å². The molecule has 0 saturated heterocycles. The van der Waals surface area contributed by atoms with Gasteiger partial charge in [-0.15, -0.1) is 0 Å². The monoisotopic (exact) mass is 852 g/mol. The Labute approximate surface area is 289 Å². The van der Waals surface area contributed by atoms with Gasteiger partial charge in [-0.2, -0.15) is 0 Å². The van der Waals surface area contributed by atoms with E-state index in [1.807, 2.05) is 74.5 Å². The fourth-order valence-electron chi connectivity index (χ4n) is 2.05. The molecule has 0 aromatic heterocycles. The number of halogens is 6. The van der Waals surface area contributed by atoms with Gasteiger partial charge in [0.05, 0.1) is 6.04 Å². The number of benzene rings is 2. The van der Waals surface area contributed by atoms with E-state index in [4.69, 9.17) is 26.7 Å². The Hall–Kier alpha value is -1.31. The van der Waals surface area contributed by atoms with Gasteiger partial charge in [-0.3, -0.25) is 9.59 Å². The molecular formula is C28H34Br3Cl3N2O5S. The van der Waals surface area contributed by atoms with Gasteiger partial charge in [0.2, 0.25) is 20.4 Å². The van der Waals surface area contributed by atoms with E-state index in [0.717, 1.165) is 5.56 Å². The lowest BCUT2D eigenvalue weighted by Crippen LogP contribution is -2.28. The molecule has 0 aliphatic carbocycles. The van der Waals surface area contributed by atoms with Crippen molar-refractivity contribution >= 4 is 107 Å². The third kappa shape index (κ3) is 27.5. The lowest BCUT2D eigenvalue weighted by Gasteiger charge is -2.14. The molecule has 0 aliphatic rings. The smallest absolute Gasteiger partial charge is 0.331 e. The number of carboxylic acid groups (broad SMARTS) is 1. The molecule has 2 aromatic rings. The average molecular weight is 857 g/mol. The summed E-state index contributed by atoms with van der Waals surface area (Å²) in [6.07, 6.45) is 0. The highest BCUT2D eigenvalue weighted by Gasteiger charge is 2.10. The molecule has 0 radical (unpaired) electrons. The van der Waals surface area contributed by atoms with Gasteiger partial charge in [-0.25, -0.2) is 9.00 Å². The van der Waals surface area contributed by atoms with Crippen LogP contribution in [0.3, 0.4) is 0 Å². The van der Waals surface area contributed by atoms with Crippen molar-refractivity contribution in [2.45, 2.75) is 25.9 Å².